The number of rotatable bonds is 3. The topological polar surface area (TPSA) is 59.1 Å². The number of carbonyl (C=O) groups excluding carboxylic acids is 2. The van der Waals surface area contributed by atoms with Crippen LogP contribution in [-0.4, -0.2) is 16.7 Å². The van der Waals surface area contributed by atoms with Crippen LogP contribution in [0.3, 0.4) is 0 Å². The van der Waals surface area contributed by atoms with Gasteiger partial charge >= 0.3 is 0 Å². The third kappa shape index (κ3) is 2.73. The van der Waals surface area contributed by atoms with Gasteiger partial charge in [-0.2, -0.15) is 0 Å². The molecule has 5 heteroatoms. The number of ketones is 1. The number of anilines is 1. The summed E-state index contributed by atoms with van der Waals surface area (Å²) in [7, 11) is 0. The summed E-state index contributed by atoms with van der Waals surface area (Å²) in [5.74, 6) is -0.463. The Morgan fingerprint density at radius 3 is 2.61 bits per heavy atom. The molecule has 1 amide bonds. The van der Waals surface area contributed by atoms with Crippen LogP contribution in [0.4, 0.5) is 5.13 Å². The van der Waals surface area contributed by atoms with Gasteiger partial charge in [0, 0.05) is 0 Å². The minimum atomic E-state index is -0.310. The van der Waals surface area contributed by atoms with Gasteiger partial charge in [-0.05, 0) is 44.0 Å². The number of thiazole rings is 1. The maximum Gasteiger partial charge on any atom is 0.233 e. The molecule has 4 nitrogen and oxygen atoms in total. The van der Waals surface area contributed by atoms with Gasteiger partial charge in [0.2, 0.25) is 5.91 Å². The molecule has 0 spiro atoms. The molecule has 94 valence electrons. The lowest BCUT2D eigenvalue weighted by Crippen LogP contribution is -2.14. The second-order valence-corrected chi connectivity index (χ2v) is 5.38. The van der Waals surface area contributed by atoms with Gasteiger partial charge in [-0.25, -0.2) is 4.98 Å². The molecule has 0 atom stereocenters. The van der Waals surface area contributed by atoms with Gasteiger partial charge in [0.15, 0.2) is 5.13 Å². The predicted molar refractivity (Wildman–Crippen MR) is 73.0 cm³/mol. The minimum Gasteiger partial charge on any atom is -0.302 e. The number of carbonyl (C=O) groups is 2. The molecule has 1 N–H and O–H groups in total. The van der Waals surface area contributed by atoms with Crippen molar-refractivity contribution in [2.45, 2.75) is 27.2 Å². The largest absolute Gasteiger partial charge is 0.302 e. The van der Waals surface area contributed by atoms with Gasteiger partial charge in [-0.1, -0.05) is 11.3 Å². The fourth-order valence-corrected chi connectivity index (χ4v) is 2.58. The highest BCUT2D eigenvalue weighted by molar-refractivity contribution is 7.22. The Morgan fingerprint density at radius 2 is 1.94 bits per heavy atom. The highest BCUT2D eigenvalue weighted by Crippen LogP contribution is 2.28. The van der Waals surface area contributed by atoms with Crippen molar-refractivity contribution < 1.29 is 9.59 Å². The Labute approximate surface area is 109 Å². The molecule has 1 aromatic carbocycles. The molecule has 0 saturated carbocycles. The van der Waals surface area contributed by atoms with Crippen molar-refractivity contribution in [3.63, 3.8) is 0 Å². The van der Waals surface area contributed by atoms with Crippen molar-refractivity contribution in [1.82, 2.24) is 4.98 Å². The van der Waals surface area contributed by atoms with E-state index < -0.39 is 0 Å². The van der Waals surface area contributed by atoms with Crippen molar-refractivity contribution in [1.29, 1.82) is 0 Å². The van der Waals surface area contributed by atoms with E-state index in [4.69, 9.17) is 0 Å². The predicted octanol–water partition coefficient (Wildman–Crippen LogP) is 2.83. The van der Waals surface area contributed by atoms with E-state index in [1.165, 1.54) is 29.4 Å². The summed E-state index contributed by atoms with van der Waals surface area (Å²) in [5.41, 5.74) is 3.25. The molecule has 18 heavy (non-hydrogen) atoms. The Morgan fingerprint density at radius 1 is 1.28 bits per heavy atom. The lowest BCUT2D eigenvalue weighted by atomic mass is 10.1. The van der Waals surface area contributed by atoms with E-state index in [0.29, 0.717) is 5.13 Å². The quantitative estimate of drug-likeness (QED) is 0.865. The fraction of sp³-hybridized carbons (Fsp3) is 0.308. The Hall–Kier alpha value is -1.75. The molecular weight excluding hydrogens is 248 g/mol. The molecule has 0 aliphatic rings. The van der Waals surface area contributed by atoms with Crippen molar-refractivity contribution in [3.8, 4) is 0 Å². The molecule has 0 fully saturated rings. The van der Waals surface area contributed by atoms with Gasteiger partial charge in [0.1, 0.15) is 5.78 Å². The third-order valence-corrected chi connectivity index (χ3v) is 3.59. The summed E-state index contributed by atoms with van der Waals surface area (Å²) in [6.07, 6.45) is -0.103. The van der Waals surface area contributed by atoms with Crippen LogP contribution < -0.4 is 5.32 Å². The molecule has 0 saturated heterocycles. The highest BCUT2D eigenvalue weighted by Gasteiger charge is 2.10. The number of nitrogens with one attached hydrogen (secondary N) is 1. The Balaban J connectivity index is 2.25. The number of hydrogen-bond donors (Lipinski definition) is 1. The smallest absolute Gasteiger partial charge is 0.233 e. The minimum absolute atomic E-state index is 0.103. The normalized spacial score (nSPS) is 10.6. The molecule has 0 radical (unpaired) electrons. The van der Waals surface area contributed by atoms with Crippen molar-refractivity contribution in [2.75, 3.05) is 5.32 Å². The molecular formula is C13H14N2O2S. The van der Waals surface area contributed by atoms with Gasteiger partial charge in [0.05, 0.1) is 16.6 Å². The molecule has 1 heterocycles. The first-order valence-corrected chi connectivity index (χ1v) is 6.44. The number of Topliss-reactive ketones (excluding diaryl/α,β-unsaturated/α-hetero) is 1. The molecule has 1 aromatic heterocycles. The van der Waals surface area contributed by atoms with Crippen LogP contribution in [0, 0.1) is 13.8 Å². The van der Waals surface area contributed by atoms with E-state index >= 15 is 0 Å². The average molecular weight is 262 g/mol. The number of hydrogen-bond acceptors (Lipinski definition) is 4. The zero-order valence-electron chi connectivity index (χ0n) is 10.5. The standard InChI is InChI=1S/C13H14N2O2S/c1-7-4-10-11(5-8(7)2)18-13(14-10)15-12(17)6-9(3)16/h4-5H,6H2,1-3H3,(H,14,15,17). The zero-order chi connectivity index (χ0) is 13.3. The van der Waals surface area contributed by atoms with Crippen LogP contribution in [0.2, 0.25) is 0 Å². The average Bonchev–Trinajstić information content (AvgIpc) is 2.58. The number of fused-ring (bicyclic) bond motifs is 1. The molecule has 0 aliphatic carbocycles. The van der Waals surface area contributed by atoms with Crippen molar-refractivity contribution in [3.05, 3.63) is 23.3 Å². The number of benzene rings is 1. The summed E-state index contributed by atoms with van der Waals surface area (Å²) in [6, 6.07) is 4.06. The van der Waals surface area contributed by atoms with Crippen LogP contribution >= 0.6 is 11.3 Å². The SMILES string of the molecule is CC(=O)CC(=O)Nc1nc2cc(C)c(C)cc2s1. The van der Waals surface area contributed by atoms with Gasteiger partial charge in [0.25, 0.3) is 0 Å². The van der Waals surface area contributed by atoms with E-state index in [1.54, 1.807) is 0 Å². The van der Waals surface area contributed by atoms with Gasteiger partial charge in [-0.15, -0.1) is 0 Å². The van der Waals surface area contributed by atoms with Crippen molar-refractivity contribution >= 4 is 38.4 Å². The van der Waals surface area contributed by atoms with Crippen LogP contribution in [0.15, 0.2) is 12.1 Å². The van der Waals surface area contributed by atoms with Gasteiger partial charge in [-0.3, -0.25) is 9.59 Å². The summed E-state index contributed by atoms with van der Waals surface area (Å²) in [4.78, 5) is 26.6. The monoisotopic (exact) mass is 262 g/mol. The van der Waals surface area contributed by atoms with E-state index in [1.807, 2.05) is 19.9 Å². The maximum absolute atomic E-state index is 11.5. The first-order chi connectivity index (χ1) is 8.45. The number of aromatic nitrogens is 1. The van der Waals surface area contributed by atoms with Crippen LogP contribution in [0.5, 0.6) is 0 Å². The second-order valence-electron chi connectivity index (χ2n) is 4.35. The molecule has 0 unspecified atom stereocenters. The summed E-state index contributed by atoms with van der Waals surface area (Å²) >= 11 is 1.42. The fourth-order valence-electron chi connectivity index (χ4n) is 1.62. The first kappa shape index (κ1) is 12.7. The maximum atomic E-state index is 11.5. The van der Waals surface area contributed by atoms with Crippen LogP contribution in [-0.2, 0) is 9.59 Å². The lowest BCUT2D eigenvalue weighted by molar-refractivity contribution is -0.124. The van der Waals surface area contributed by atoms with Gasteiger partial charge < -0.3 is 5.32 Å². The first-order valence-electron chi connectivity index (χ1n) is 5.63. The Kier molecular flexibility index (Phi) is 3.43. The summed E-state index contributed by atoms with van der Waals surface area (Å²) in [5, 5.41) is 3.19. The number of amides is 1. The number of aryl methyl sites for hydroxylation is 2. The summed E-state index contributed by atoms with van der Waals surface area (Å²) in [6.45, 7) is 5.47. The van der Waals surface area contributed by atoms with Crippen LogP contribution in [0.25, 0.3) is 10.2 Å². The van der Waals surface area contributed by atoms with E-state index in [-0.39, 0.29) is 18.1 Å². The van der Waals surface area contributed by atoms with Crippen LogP contribution in [0.1, 0.15) is 24.5 Å². The van der Waals surface area contributed by atoms with E-state index in [0.717, 1.165) is 10.2 Å². The molecule has 0 aliphatic heterocycles. The highest BCUT2D eigenvalue weighted by atomic mass is 32.1. The zero-order valence-corrected chi connectivity index (χ0v) is 11.4. The van der Waals surface area contributed by atoms with Crippen molar-refractivity contribution in [2.24, 2.45) is 0 Å². The second kappa shape index (κ2) is 4.86. The van der Waals surface area contributed by atoms with E-state index in [9.17, 15) is 9.59 Å². The summed E-state index contributed by atoms with van der Waals surface area (Å²) < 4.78 is 1.04. The lowest BCUT2D eigenvalue weighted by Gasteiger charge is -1.97. The molecule has 2 aromatic rings. The molecule has 2 rings (SSSR count). The van der Waals surface area contributed by atoms with E-state index in [2.05, 4.69) is 16.4 Å². The number of nitrogens with zero attached hydrogens (tertiary/aromatic N) is 1. The molecule has 0 bridgehead atoms. The Bertz CT molecular complexity index is 592. The third-order valence-electron chi connectivity index (χ3n) is 2.66.